The van der Waals surface area contributed by atoms with Crippen molar-refractivity contribution in [2.75, 3.05) is 5.88 Å². The highest BCUT2D eigenvalue weighted by atomic mass is 35.5. The molecule has 0 N–H and O–H groups in total. The molecular weight excluding hydrogens is 346 g/mol. The zero-order valence-corrected chi connectivity index (χ0v) is 15.9. The van der Waals surface area contributed by atoms with Crippen molar-refractivity contribution < 1.29 is 4.74 Å². The summed E-state index contributed by atoms with van der Waals surface area (Å²) in [5, 5.41) is 0. The molecule has 0 spiro atoms. The van der Waals surface area contributed by atoms with Crippen molar-refractivity contribution in [2.45, 2.75) is 52.0 Å². The fraction of sp³-hybridized carbons (Fsp3) is 0.429. The molecule has 4 rings (SSSR count). The van der Waals surface area contributed by atoms with Crippen LogP contribution in [-0.4, -0.2) is 20.4 Å². The highest BCUT2D eigenvalue weighted by Crippen LogP contribution is 2.35. The number of ether oxygens (including phenoxy) is 1. The third-order valence-electron chi connectivity index (χ3n) is 5.08. The number of alkyl halides is 1. The maximum Gasteiger partial charge on any atom is 0.247 e. The minimum absolute atomic E-state index is 0.631. The Balaban J connectivity index is 1.79. The van der Waals surface area contributed by atoms with E-state index >= 15 is 0 Å². The third-order valence-corrected chi connectivity index (χ3v) is 5.35. The van der Waals surface area contributed by atoms with Crippen LogP contribution in [0, 0.1) is 6.92 Å². The summed E-state index contributed by atoms with van der Waals surface area (Å²) < 4.78 is 8.48. The second-order valence-corrected chi connectivity index (χ2v) is 7.33. The number of rotatable bonds is 6. The van der Waals surface area contributed by atoms with Gasteiger partial charge in [0.25, 0.3) is 0 Å². The van der Waals surface area contributed by atoms with Gasteiger partial charge >= 0.3 is 0 Å². The lowest BCUT2D eigenvalue weighted by Gasteiger charge is -2.19. The second kappa shape index (κ2) is 7.67. The normalized spacial score (nSPS) is 13.8. The van der Waals surface area contributed by atoms with Crippen LogP contribution >= 0.6 is 11.6 Å². The number of para-hydroxylation sites is 1. The summed E-state index contributed by atoms with van der Waals surface area (Å²) in [6, 6.07) is 8.04. The number of imidazole rings is 1. The molecule has 4 nitrogen and oxygen atoms in total. The van der Waals surface area contributed by atoms with E-state index in [9.17, 15) is 0 Å². The Bertz CT molecular complexity index is 919. The zero-order valence-electron chi connectivity index (χ0n) is 15.2. The molecule has 3 aromatic rings. The van der Waals surface area contributed by atoms with E-state index in [1.807, 2.05) is 24.5 Å². The van der Waals surface area contributed by atoms with Gasteiger partial charge in [0.15, 0.2) is 5.52 Å². The van der Waals surface area contributed by atoms with Crippen molar-refractivity contribution in [1.82, 2.24) is 14.5 Å². The summed E-state index contributed by atoms with van der Waals surface area (Å²) >= 11 is 5.85. The van der Waals surface area contributed by atoms with Crippen LogP contribution in [0.3, 0.4) is 0 Å². The van der Waals surface area contributed by atoms with E-state index in [0.29, 0.717) is 11.8 Å². The predicted octanol–water partition coefficient (Wildman–Crippen LogP) is 5.43. The van der Waals surface area contributed by atoms with Crippen LogP contribution in [0.25, 0.3) is 11.0 Å². The molecule has 0 saturated heterocycles. The van der Waals surface area contributed by atoms with Gasteiger partial charge in [-0.25, -0.2) is 9.97 Å². The van der Waals surface area contributed by atoms with Crippen LogP contribution in [-0.2, 0) is 19.4 Å². The maximum absolute atomic E-state index is 6.22. The van der Waals surface area contributed by atoms with Gasteiger partial charge in [0, 0.05) is 18.1 Å². The van der Waals surface area contributed by atoms with Crippen molar-refractivity contribution in [3.63, 3.8) is 0 Å². The molecule has 0 radical (unpaired) electrons. The number of unbranched alkanes of at least 4 members (excludes halogenated alkanes) is 1. The summed E-state index contributed by atoms with van der Waals surface area (Å²) in [5.74, 6) is 2.17. The van der Waals surface area contributed by atoms with Gasteiger partial charge in [-0.1, -0.05) is 18.2 Å². The average molecular weight is 370 g/mol. The lowest BCUT2D eigenvalue weighted by Crippen LogP contribution is -2.10. The van der Waals surface area contributed by atoms with Crippen molar-refractivity contribution in [1.29, 1.82) is 0 Å². The van der Waals surface area contributed by atoms with Gasteiger partial charge in [-0.2, -0.15) is 0 Å². The standard InChI is InChI=1S/C21H24ClN3O/c1-15-8-2-5-11-18(15)26-21-19-20(16-9-3-4-10-17(16)24-21)25(14-23-19)13-7-6-12-22/h2,5,8,11,14H,3-4,6-7,9-10,12-13H2,1H3. The van der Waals surface area contributed by atoms with Gasteiger partial charge in [-0.15, -0.1) is 11.6 Å². The van der Waals surface area contributed by atoms with Gasteiger partial charge in [-0.05, 0) is 62.6 Å². The Labute approximate surface area is 159 Å². The summed E-state index contributed by atoms with van der Waals surface area (Å²) in [5.41, 5.74) is 5.70. The molecule has 5 heteroatoms. The van der Waals surface area contributed by atoms with Gasteiger partial charge in [-0.3, -0.25) is 0 Å². The second-order valence-electron chi connectivity index (χ2n) is 6.95. The number of hydrogen-bond acceptors (Lipinski definition) is 3. The highest BCUT2D eigenvalue weighted by Gasteiger charge is 2.22. The maximum atomic E-state index is 6.22. The molecule has 1 aliphatic rings. The van der Waals surface area contributed by atoms with Crippen molar-refractivity contribution in [3.8, 4) is 11.6 Å². The first-order chi connectivity index (χ1) is 12.8. The first-order valence-corrected chi connectivity index (χ1v) is 9.97. The Hall–Kier alpha value is -2.07. The molecule has 0 aliphatic heterocycles. The number of aryl methyl sites for hydroxylation is 4. The Morgan fingerprint density at radius 3 is 2.85 bits per heavy atom. The zero-order chi connectivity index (χ0) is 17.9. The Morgan fingerprint density at radius 2 is 2.00 bits per heavy atom. The third kappa shape index (κ3) is 3.30. The van der Waals surface area contributed by atoms with Crippen LogP contribution in [0.1, 0.15) is 42.5 Å². The van der Waals surface area contributed by atoms with Gasteiger partial charge in [0.2, 0.25) is 5.88 Å². The number of nitrogens with zero attached hydrogens (tertiary/aromatic N) is 3. The van der Waals surface area contributed by atoms with Gasteiger partial charge in [0.1, 0.15) is 5.75 Å². The smallest absolute Gasteiger partial charge is 0.247 e. The van der Waals surface area contributed by atoms with E-state index in [4.69, 9.17) is 21.3 Å². The minimum Gasteiger partial charge on any atom is -0.437 e. The fourth-order valence-corrected chi connectivity index (χ4v) is 3.88. The Kier molecular flexibility index (Phi) is 5.11. The predicted molar refractivity (Wildman–Crippen MR) is 105 cm³/mol. The van der Waals surface area contributed by atoms with Crippen LogP contribution in [0.2, 0.25) is 0 Å². The molecule has 0 atom stereocenters. The van der Waals surface area contributed by atoms with E-state index in [2.05, 4.69) is 22.5 Å². The van der Waals surface area contributed by atoms with E-state index in [1.165, 1.54) is 29.6 Å². The molecule has 0 fully saturated rings. The number of aromatic nitrogens is 3. The SMILES string of the molecule is Cc1ccccc1Oc1nc2c(c3c1ncn3CCCCCl)CCCC2. The van der Waals surface area contributed by atoms with E-state index < -0.39 is 0 Å². The van der Waals surface area contributed by atoms with Crippen LogP contribution in [0.5, 0.6) is 11.6 Å². The number of halogens is 1. The van der Waals surface area contributed by atoms with E-state index in [-0.39, 0.29) is 0 Å². The number of benzene rings is 1. The summed E-state index contributed by atoms with van der Waals surface area (Å²) in [4.78, 5) is 9.54. The van der Waals surface area contributed by atoms with E-state index in [0.717, 1.165) is 49.1 Å². The van der Waals surface area contributed by atoms with Gasteiger partial charge in [0.05, 0.1) is 11.8 Å². The quantitative estimate of drug-likeness (QED) is 0.429. The van der Waals surface area contributed by atoms with E-state index in [1.54, 1.807) is 0 Å². The molecule has 1 aliphatic carbocycles. The van der Waals surface area contributed by atoms with Crippen molar-refractivity contribution >= 4 is 22.6 Å². The monoisotopic (exact) mass is 369 g/mol. The van der Waals surface area contributed by atoms with Crippen LogP contribution < -0.4 is 4.74 Å². The minimum atomic E-state index is 0.631. The summed E-state index contributed by atoms with van der Waals surface area (Å²) in [7, 11) is 0. The molecular formula is C21H24ClN3O. The lowest BCUT2D eigenvalue weighted by atomic mass is 9.95. The highest BCUT2D eigenvalue weighted by molar-refractivity contribution is 6.17. The lowest BCUT2D eigenvalue weighted by molar-refractivity contribution is 0.460. The fourth-order valence-electron chi connectivity index (χ4n) is 3.69. The molecule has 2 heterocycles. The molecule has 1 aromatic carbocycles. The van der Waals surface area contributed by atoms with Crippen molar-refractivity contribution in [3.05, 3.63) is 47.4 Å². The van der Waals surface area contributed by atoms with Crippen LogP contribution in [0.4, 0.5) is 0 Å². The average Bonchev–Trinajstić information content (AvgIpc) is 3.09. The molecule has 0 bridgehead atoms. The topological polar surface area (TPSA) is 39.9 Å². The number of hydrogen-bond donors (Lipinski definition) is 0. The summed E-state index contributed by atoms with van der Waals surface area (Å²) in [6.07, 6.45) is 8.50. The number of pyridine rings is 1. The van der Waals surface area contributed by atoms with Crippen LogP contribution in [0.15, 0.2) is 30.6 Å². The summed E-state index contributed by atoms with van der Waals surface area (Å²) in [6.45, 7) is 2.99. The Morgan fingerprint density at radius 1 is 1.15 bits per heavy atom. The molecule has 0 amide bonds. The molecule has 136 valence electrons. The number of fused-ring (bicyclic) bond motifs is 3. The molecule has 0 saturated carbocycles. The first-order valence-electron chi connectivity index (χ1n) is 9.44. The largest absolute Gasteiger partial charge is 0.437 e. The van der Waals surface area contributed by atoms with Gasteiger partial charge < -0.3 is 9.30 Å². The first kappa shape index (κ1) is 17.3. The molecule has 2 aromatic heterocycles. The molecule has 0 unspecified atom stereocenters. The molecule has 26 heavy (non-hydrogen) atoms. The van der Waals surface area contributed by atoms with Crippen molar-refractivity contribution in [2.24, 2.45) is 0 Å².